The molecule has 21 heavy (non-hydrogen) atoms. The van der Waals surface area contributed by atoms with Gasteiger partial charge in [-0.05, 0) is 24.6 Å². The van der Waals surface area contributed by atoms with Crippen LogP contribution in [0.5, 0.6) is 11.5 Å². The fourth-order valence-corrected chi connectivity index (χ4v) is 2.12. The van der Waals surface area contributed by atoms with Crippen molar-refractivity contribution in [3.05, 3.63) is 59.7 Å². The van der Waals surface area contributed by atoms with Gasteiger partial charge in [0, 0.05) is 19.2 Å². The van der Waals surface area contributed by atoms with Crippen molar-refractivity contribution >= 4 is 5.91 Å². The summed E-state index contributed by atoms with van der Waals surface area (Å²) in [7, 11) is 1.52. The van der Waals surface area contributed by atoms with Gasteiger partial charge in [0.05, 0.1) is 12.7 Å². The highest BCUT2D eigenvalue weighted by atomic mass is 16.5. The van der Waals surface area contributed by atoms with E-state index in [4.69, 9.17) is 4.74 Å². The van der Waals surface area contributed by atoms with Crippen LogP contribution in [-0.4, -0.2) is 29.6 Å². The molecule has 1 N–H and O–H groups in total. The lowest BCUT2D eigenvalue weighted by Crippen LogP contribution is -2.30. The highest BCUT2D eigenvalue weighted by Gasteiger charge is 2.18. The van der Waals surface area contributed by atoms with Gasteiger partial charge in [-0.3, -0.25) is 4.79 Å². The van der Waals surface area contributed by atoms with E-state index in [0.717, 1.165) is 5.56 Å². The Hall–Kier alpha value is -2.49. The summed E-state index contributed by atoms with van der Waals surface area (Å²) in [4.78, 5) is 14.2. The molecule has 0 radical (unpaired) electrons. The maximum Gasteiger partial charge on any atom is 0.257 e. The normalized spacial score (nSPS) is 10.2. The zero-order chi connectivity index (χ0) is 15.2. The number of hydrogen-bond acceptors (Lipinski definition) is 3. The third kappa shape index (κ3) is 3.54. The predicted octanol–water partition coefficient (Wildman–Crippen LogP) is 3.06. The average molecular weight is 285 g/mol. The first-order valence-electron chi connectivity index (χ1n) is 6.86. The Balaban J connectivity index is 2.20. The molecule has 2 aromatic carbocycles. The van der Waals surface area contributed by atoms with Crippen molar-refractivity contribution in [2.45, 2.75) is 13.5 Å². The van der Waals surface area contributed by atoms with Crippen LogP contribution >= 0.6 is 0 Å². The van der Waals surface area contributed by atoms with E-state index in [2.05, 4.69) is 0 Å². The van der Waals surface area contributed by atoms with Crippen molar-refractivity contribution in [2.75, 3.05) is 13.7 Å². The molecule has 0 aliphatic heterocycles. The van der Waals surface area contributed by atoms with Crippen LogP contribution < -0.4 is 4.74 Å². The Kier molecular flexibility index (Phi) is 4.82. The maximum absolute atomic E-state index is 12.5. The zero-order valence-corrected chi connectivity index (χ0v) is 12.2. The van der Waals surface area contributed by atoms with Crippen LogP contribution in [0.25, 0.3) is 0 Å². The van der Waals surface area contributed by atoms with Gasteiger partial charge in [-0.15, -0.1) is 0 Å². The van der Waals surface area contributed by atoms with Crippen LogP contribution in [0, 0.1) is 0 Å². The van der Waals surface area contributed by atoms with Crippen molar-refractivity contribution in [2.24, 2.45) is 0 Å². The molecule has 0 heterocycles. The smallest absolute Gasteiger partial charge is 0.257 e. The number of rotatable bonds is 5. The van der Waals surface area contributed by atoms with Gasteiger partial charge < -0.3 is 14.7 Å². The average Bonchev–Trinajstić information content (AvgIpc) is 2.52. The number of phenolic OH excluding ortho intramolecular Hbond substituents is 1. The summed E-state index contributed by atoms with van der Waals surface area (Å²) >= 11 is 0. The van der Waals surface area contributed by atoms with Gasteiger partial charge in [-0.2, -0.15) is 0 Å². The van der Waals surface area contributed by atoms with Gasteiger partial charge >= 0.3 is 0 Å². The van der Waals surface area contributed by atoms with E-state index in [9.17, 15) is 9.90 Å². The quantitative estimate of drug-likeness (QED) is 0.918. The molecule has 0 atom stereocenters. The second-order valence-corrected chi connectivity index (χ2v) is 4.69. The molecule has 110 valence electrons. The Bertz CT molecular complexity index is 611. The van der Waals surface area contributed by atoms with E-state index in [1.165, 1.54) is 13.2 Å². The van der Waals surface area contributed by atoms with Gasteiger partial charge in [0.25, 0.3) is 5.91 Å². The largest absolute Gasteiger partial charge is 0.507 e. The molecule has 1 amide bonds. The van der Waals surface area contributed by atoms with Crippen molar-refractivity contribution in [1.29, 1.82) is 0 Å². The number of ether oxygens (including phenoxy) is 1. The van der Waals surface area contributed by atoms with E-state index in [-0.39, 0.29) is 17.2 Å². The van der Waals surface area contributed by atoms with E-state index in [1.54, 1.807) is 17.0 Å². The Morgan fingerprint density at radius 2 is 1.90 bits per heavy atom. The first-order valence-corrected chi connectivity index (χ1v) is 6.86. The standard InChI is InChI=1S/C17H19NO3/c1-3-18(12-13-7-5-4-6-8-13)17(20)15-10-9-14(21-2)11-16(15)19/h4-11,19H,3,12H2,1-2H3. The number of amides is 1. The van der Waals surface area contributed by atoms with Crippen molar-refractivity contribution < 1.29 is 14.6 Å². The predicted molar refractivity (Wildman–Crippen MR) is 81.5 cm³/mol. The van der Waals surface area contributed by atoms with Gasteiger partial charge in [0.2, 0.25) is 0 Å². The summed E-state index contributed by atoms with van der Waals surface area (Å²) in [6.07, 6.45) is 0. The maximum atomic E-state index is 12.5. The summed E-state index contributed by atoms with van der Waals surface area (Å²) in [5.41, 5.74) is 1.34. The molecule has 0 aliphatic carbocycles. The molecular formula is C17H19NO3. The minimum Gasteiger partial charge on any atom is -0.507 e. The Morgan fingerprint density at radius 3 is 2.48 bits per heavy atom. The zero-order valence-electron chi connectivity index (χ0n) is 12.2. The topological polar surface area (TPSA) is 49.8 Å². The molecule has 2 rings (SSSR count). The van der Waals surface area contributed by atoms with Crippen LogP contribution in [0.3, 0.4) is 0 Å². The SMILES string of the molecule is CCN(Cc1ccccc1)C(=O)c1ccc(OC)cc1O. The number of methoxy groups -OCH3 is 1. The second-order valence-electron chi connectivity index (χ2n) is 4.69. The summed E-state index contributed by atoms with van der Waals surface area (Å²) < 4.78 is 5.03. The third-order valence-electron chi connectivity index (χ3n) is 3.32. The van der Waals surface area contributed by atoms with Crippen LogP contribution in [0.2, 0.25) is 0 Å². The first-order chi connectivity index (χ1) is 10.2. The fourth-order valence-electron chi connectivity index (χ4n) is 2.12. The number of aromatic hydroxyl groups is 1. The molecule has 0 aliphatic rings. The Morgan fingerprint density at radius 1 is 1.19 bits per heavy atom. The number of carbonyl (C=O) groups is 1. The van der Waals surface area contributed by atoms with E-state index < -0.39 is 0 Å². The lowest BCUT2D eigenvalue weighted by molar-refractivity contribution is 0.0749. The molecule has 2 aromatic rings. The monoisotopic (exact) mass is 285 g/mol. The fraction of sp³-hybridized carbons (Fsp3) is 0.235. The molecule has 0 spiro atoms. The highest BCUT2D eigenvalue weighted by Crippen LogP contribution is 2.25. The van der Waals surface area contributed by atoms with Gasteiger partial charge in [-0.25, -0.2) is 0 Å². The molecule has 0 bridgehead atoms. The minimum absolute atomic E-state index is 0.0640. The van der Waals surface area contributed by atoms with Crippen LogP contribution in [0.4, 0.5) is 0 Å². The first kappa shape index (κ1) is 14.9. The second kappa shape index (κ2) is 6.79. The van der Waals surface area contributed by atoms with Crippen LogP contribution in [0.1, 0.15) is 22.8 Å². The van der Waals surface area contributed by atoms with Gasteiger partial charge in [0.1, 0.15) is 11.5 Å². The number of phenols is 1. The summed E-state index contributed by atoms with van der Waals surface area (Å²) in [5, 5.41) is 9.98. The number of hydrogen-bond donors (Lipinski definition) is 1. The number of carbonyl (C=O) groups excluding carboxylic acids is 1. The molecule has 4 nitrogen and oxygen atoms in total. The van der Waals surface area contributed by atoms with Gasteiger partial charge in [-0.1, -0.05) is 30.3 Å². The summed E-state index contributed by atoms with van der Waals surface area (Å²) in [6.45, 7) is 3.00. The van der Waals surface area contributed by atoms with E-state index >= 15 is 0 Å². The molecule has 0 fully saturated rings. The van der Waals surface area contributed by atoms with Gasteiger partial charge in [0.15, 0.2) is 0 Å². The van der Waals surface area contributed by atoms with Crippen molar-refractivity contribution in [3.63, 3.8) is 0 Å². The number of benzene rings is 2. The summed E-state index contributed by atoms with van der Waals surface area (Å²) in [6, 6.07) is 14.5. The molecule has 0 aromatic heterocycles. The third-order valence-corrected chi connectivity index (χ3v) is 3.32. The lowest BCUT2D eigenvalue weighted by Gasteiger charge is -2.21. The Labute approximate surface area is 124 Å². The number of nitrogens with zero attached hydrogens (tertiary/aromatic N) is 1. The lowest BCUT2D eigenvalue weighted by atomic mass is 10.1. The molecular weight excluding hydrogens is 266 g/mol. The minimum atomic E-state index is -0.193. The molecule has 0 saturated carbocycles. The summed E-state index contributed by atoms with van der Waals surface area (Å²) in [5.74, 6) is 0.266. The molecule has 0 saturated heterocycles. The van der Waals surface area contributed by atoms with E-state index in [1.807, 2.05) is 37.3 Å². The highest BCUT2D eigenvalue weighted by molar-refractivity contribution is 5.97. The van der Waals surface area contributed by atoms with Crippen molar-refractivity contribution in [3.8, 4) is 11.5 Å². The van der Waals surface area contributed by atoms with Crippen molar-refractivity contribution in [1.82, 2.24) is 4.90 Å². The van der Waals surface area contributed by atoms with Crippen LogP contribution in [0.15, 0.2) is 48.5 Å². The van der Waals surface area contributed by atoms with Crippen LogP contribution in [-0.2, 0) is 6.54 Å². The van der Waals surface area contributed by atoms with E-state index in [0.29, 0.717) is 18.8 Å². The molecule has 0 unspecified atom stereocenters. The molecule has 4 heteroatoms.